The van der Waals surface area contributed by atoms with E-state index in [9.17, 15) is 4.79 Å². The highest BCUT2D eigenvalue weighted by Gasteiger charge is 2.12. The molecule has 1 unspecified atom stereocenters. The van der Waals surface area contributed by atoms with Gasteiger partial charge in [0.15, 0.2) is 11.6 Å². The van der Waals surface area contributed by atoms with Crippen molar-refractivity contribution in [2.45, 2.75) is 26.3 Å². The quantitative estimate of drug-likeness (QED) is 0.742. The van der Waals surface area contributed by atoms with E-state index < -0.39 is 0 Å². The lowest BCUT2D eigenvalue weighted by Crippen LogP contribution is -2.27. The molecule has 1 rings (SSSR count). The minimum Gasteiger partial charge on any atom is -0.394 e. The Balaban J connectivity index is 2.77. The van der Waals surface area contributed by atoms with E-state index >= 15 is 0 Å². The van der Waals surface area contributed by atoms with Crippen molar-refractivity contribution in [1.82, 2.24) is 9.97 Å². The Morgan fingerprint density at radius 2 is 2.43 bits per heavy atom. The largest absolute Gasteiger partial charge is 0.394 e. The zero-order chi connectivity index (χ0) is 10.6. The first kappa shape index (κ1) is 10.4. The van der Waals surface area contributed by atoms with Gasteiger partial charge in [0.05, 0.1) is 17.9 Å². The molecule has 0 bridgehead atoms. The summed E-state index contributed by atoms with van der Waals surface area (Å²) in [6.45, 7) is 3.47. The Hall–Kier alpha value is -1.65. The van der Waals surface area contributed by atoms with Crippen molar-refractivity contribution in [1.29, 1.82) is 0 Å². The minimum atomic E-state index is -0.229. The second-order valence-electron chi connectivity index (χ2n) is 3.04. The Morgan fingerprint density at radius 1 is 1.71 bits per heavy atom. The number of nitrogens with one attached hydrogen (secondary N) is 1. The first-order valence-corrected chi connectivity index (χ1v) is 4.47. The molecule has 5 heteroatoms. The fraction of sp³-hybridized carbons (Fsp3) is 0.444. The molecule has 0 amide bonds. The monoisotopic (exact) mass is 194 g/mol. The van der Waals surface area contributed by atoms with Gasteiger partial charge in [-0.15, -0.1) is 0 Å². The number of carbonyl (C=O) groups excluding carboxylic acids is 1. The number of anilines is 2. The van der Waals surface area contributed by atoms with Crippen LogP contribution in [0.2, 0.25) is 0 Å². The molecule has 0 aromatic carbocycles. The summed E-state index contributed by atoms with van der Waals surface area (Å²) >= 11 is 0. The van der Waals surface area contributed by atoms with Crippen LogP contribution in [-0.2, 0) is 4.79 Å². The number of hydrogen-bond donors (Lipinski definition) is 2. The lowest BCUT2D eigenvalue weighted by molar-refractivity contribution is -0.117. The molecular formula is C9H14N4O. The Morgan fingerprint density at radius 3 is 2.93 bits per heavy atom. The van der Waals surface area contributed by atoms with E-state index in [1.165, 1.54) is 12.5 Å². The number of aromatic nitrogens is 2. The van der Waals surface area contributed by atoms with Crippen molar-refractivity contribution in [3.63, 3.8) is 0 Å². The highest BCUT2D eigenvalue weighted by molar-refractivity contribution is 5.84. The fourth-order valence-electron chi connectivity index (χ4n) is 1.12. The highest BCUT2D eigenvalue weighted by Crippen LogP contribution is 2.13. The molecule has 14 heavy (non-hydrogen) atoms. The number of hydrogen-bond acceptors (Lipinski definition) is 5. The van der Waals surface area contributed by atoms with Crippen LogP contribution in [0.4, 0.5) is 11.5 Å². The van der Waals surface area contributed by atoms with Crippen molar-refractivity contribution in [2.75, 3.05) is 11.1 Å². The SMILES string of the molecule is CCC(Nc1ncncc1N)C(C)=O. The lowest BCUT2D eigenvalue weighted by atomic mass is 10.1. The summed E-state index contributed by atoms with van der Waals surface area (Å²) in [5, 5.41) is 2.97. The highest BCUT2D eigenvalue weighted by atomic mass is 16.1. The molecule has 0 spiro atoms. The van der Waals surface area contributed by atoms with Gasteiger partial charge >= 0.3 is 0 Å². The number of nitrogen functional groups attached to an aromatic ring is 1. The van der Waals surface area contributed by atoms with Gasteiger partial charge in [-0.25, -0.2) is 9.97 Å². The number of nitrogens with zero attached hydrogens (tertiary/aromatic N) is 2. The normalized spacial score (nSPS) is 12.1. The predicted molar refractivity (Wildman–Crippen MR) is 54.8 cm³/mol. The van der Waals surface area contributed by atoms with Crippen molar-refractivity contribution in [3.05, 3.63) is 12.5 Å². The first-order valence-electron chi connectivity index (χ1n) is 4.47. The number of carbonyl (C=O) groups is 1. The molecule has 0 saturated carbocycles. The van der Waals surface area contributed by atoms with Crippen LogP contribution in [0.1, 0.15) is 20.3 Å². The Bertz CT molecular complexity index is 326. The van der Waals surface area contributed by atoms with Crippen LogP contribution in [-0.4, -0.2) is 21.8 Å². The minimum absolute atomic E-state index is 0.0745. The molecule has 76 valence electrons. The van der Waals surface area contributed by atoms with Gasteiger partial charge in [0.1, 0.15) is 6.33 Å². The van der Waals surface area contributed by atoms with Crippen LogP contribution in [0, 0.1) is 0 Å². The van der Waals surface area contributed by atoms with E-state index in [-0.39, 0.29) is 11.8 Å². The molecular weight excluding hydrogens is 180 g/mol. The summed E-state index contributed by atoms with van der Waals surface area (Å²) in [5.74, 6) is 0.590. The predicted octanol–water partition coefficient (Wildman–Crippen LogP) is 0.838. The summed E-state index contributed by atoms with van der Waals surface area (Å²) in [5.41, 5.74) is 6.08. The average molecular weight is 194 g/mol. The number of nitrogens with two attached hydrogens (primary N) is 1. The van der Waals surface area contributed by atoms with Crippen LogP contribution in [0.5, 0.6) is 0 Å². The molecule has 0 radical (unpaired) electrons. The second kappa shape index (κ2) is 4.55. The van der Waals surface area contributed by atoms with Crippen LogP contribution in [0.15, 0.2) is 12.5 Å². The van der Waals surface area contributed by atoms with Gasteiger partial charge in [-0.1, -0.05) is 6.92 Å². The van der Waals surface area contributed by atoms with Gasteiger partial charge in [-0.05, 0) is 13.3 Å². The molecule has 3 N–H and O–H groups in total. The third kappa shape index (κ3) is 2.42. The van der Waals surface area contributed by atoms with Crippen molar-refractivity contribution in [2.24, 2.45) is 0 Å². The van der Waals surface area contributed by atoms with Crippen LogP contribution in [0.3, 0.4) is 0 Å². The van der Waals surface area contributed by atoms with Gasteiger partial charge in [0, 0.05) is 0 Å². The number of rotatable bonds is 4. The van der Waals surface area contributed by atoms with Crippen LogP contribution >= 0.6 is 0 Å². The average Bonchev–Trinajstić information content (AvgIpc) is 2.16. The molecule has 1 aromatic heterocycles. The maximum absolute atomic E-state index is 11.1. The first-order chi connectivity index (χ1) is 6.65. The third-order valence-electron chi connectivity index (χ3n) is 1.95. The maximum atomic E-state index is 11.1. The van der Waals surface area contributed by atoms with Crippen molar-refractivity contribution < 1.29 is 4.79 Å². The van der Waals surface area contributed by atoms with E-state index in [0.29, 0.717) is 17.9 Å². The van der Waals surface area contributed by atoms with E-state index in [2.05, 4.69) is 15.3 Å². The smallest absolute Gasteiger partial charge is 0.153 e. The van der Waals surface area contributed by atoms with E-state index in [0.717, 1.165) is 0 Å². The number of ketones is 1. The van der Waals surface area contributed by atoms with E-state index in [1.54, 1.807) is 6.92 Å². The molecule has 1 atom stereocenters. The molecule has 1 heterocycles. The molecule has 0 aliphatic carbocycles. The van der Waals surface area contributed by atoms with E-state index in [1.807, 2.05) is 6.92 Å². The summed E-state index contributed by atoms with van der Waals surface area (Å²) in [6, 6.07) is -0.229. The zero-order valence-electron chi connectivity index (χ0n) is 8.32. The van der Waals surface area contributed by atoms with Crippen LogP contribution < -0.4 is 11.1 Å². The summed E-state index contributed by atoms with van der Waals surface area (Å²) in [4.78, 5) is 18.9. The van der Waals surface area contributed by atoms with Crippen LogP contribution in [0.25, 0.3) is 0 Å². The molecule has 1 aromatic rings. The van der Waals surface area contributed by atoms with Gasteiger partial charge in [0.25, 0.3) is 0 Å². The van der Waals surface area contributed by atoms with Gasteiger partial charge < -0.3 is 11.1 Å². The second-order valence-corrected chi connectivity index (χ2v) is 3.04. The zero-order valence-corrected chi connectivity index (χ0v) is 8.32. The molecule has 0 aliphatic rings. The summed E-state index contributed by atoms with van der Waals surface area (Å²) in [7, 11) is 0. The van der Waals surface area contributed by atoms with Crippen molar-refractivity contribution >= 4 is 17.3 Å². The molecule has 5 nitrogen and oxygen atoms in total. The standard InChI is InChI=1S/C9H14N4O/c1-3-8(6(2)14)13-9-7(10)4-11-5-12-9/h4-5,8H,3,10H2,1-2H3,(H,11,12,13). The van der Waals surface area contributed by atoms with Gasteiger partial charge in [0.2, 0.25) is 0 Å². The van der Waals surface area contributed by atoms with Crippen molar-refractivity contribution in [3.8, 4) is 0 Å². The Kier molecular flexibility index (Phi) is 3.39. The Labute approximate surface area is 82.7 Å². The number of Topliss-reactive ketones (excluding diaryl/α,β-unsaturated/α-hetero) is 1. The lowest BCUT2D eigenvalue weighted by Gasteiger charge is -2.14. The summed E-state index contributed by atoms with van der Waals surface area (Å²) < 4.78 is 0. The third-order valence-corrected chi connectivity index (χ3v) is 1.95. The maximum Gasteiger partial charge on any atom is 0.153 e. The molecule has 0 aliphatic heterocycles. The molecule has 0 saturated heterocycles. The fourth-order valence-corrected chi connectivity index (χ4v) is 1.12. The summed E-state index contributed by atoms with van der Waals surface area (Å²) in [6.07, 6.45) is 3.60. The van der Waals surface area contributed by atoms with E-state index in [4.69, 9.17) is 5.73 Å². The van der Waals surface area contributed by atoms with Gasteiger partial charge in [-0.3, -0.25) is 4.79 Å². The topological polar surface area (TPSA) is 80.9 Å². The molecule has 0 fully saturated rings. The van der Waals surface area contributed by atoms with Gasteiger partial charge in [-0.2, -0.15) is 0 Å².